The van der Waals surface area contributed by atoms with Crippen LogP contribution in [0.5, 0.6) is 5.88 Å². The largest absolute Gasteiger partial charge is 0.473 e. The molecule has 1 heterocycles. The lowest BCUT2D eigenvalue weighted by Crippen LogP contribution is -2.18. The molecule has 1 aromatic heterocycles. The molecule has 0 saturated carbocycles. The third kappa shape index (κ3) is 5.48. The summed E-state index contributed by atoms with van der Waals surface area (Å²) in [6.07, 6.45) is 1.79. The lowest BCUT2D eigenvalue weighted by Gasteiger charge is -2.10. The third-order valence-corrected chi connectivity index (χ3v) is 3.79. The first-order valence-electron chi connectivity index (χ1n) is 7.17. The van der Waals surface area contributed by atoms with Gasteiger partial charge in [0.25, 0.3) is 0 Å². The molecule has 0 aliphatic heterocycles. The summed E-state index contributed by atoms with van der Waals surface area (Å²) < 4.78 is 6.83. The molecule has 3 nitrogen and oxygen atoms in total. The fraction of sp³-hybridized carbons (Fsp3) is 0.353. The van der Waals surface area contributed by atoms with Crippen molar-refractivity contribution in [2.75, 3.05) is 6.54 Å². The molecular weight excluding hydrogens is 328 g/mol. The van der Waals surface area contributed by atoms with Crippen LogP contribution in [-0.2, 0) is 13.2 Å². The second-order valence-corrected chi connectivity index (χ2v) is 6.26. The zero-order valence-corrected chi connectivity index (χ0v) is 14.1. The molecule has 0 amide bonds. The molecular formula is C17H21BrN2O. The van der Waals surface area contributed by atoms with Crippen molar-refractivity contribution in [3.05, 3.63) is 58.2 Å². The SMILES string of the molecule is CC(C)CNCc1ccnc(OCc2ccccc2Br)c1. The van der Waals surface area contributed by atoms with Gasteiger partial charge in [-0.3, -0.25) is 0 Å². The minimum Gasteiger partial charge on any atom is -0.473 e. The number of halogens is 1. The smallest absolute Gasteiger partial charge is 0.213 e. The van der Waals surface area contributed by atoms with Crippen LogP contribution in [0.2, 0.25) is 0 Å². The van der Waals surface area contributed by atoms with Crippen LogP contribution < -0.4 is 10.1 Å². The minimum absolute atomic E-state index is 0.511. The van der Waals surface area contributed by atoms with E-state index in [1.165, 1.54) is 5.56 Å². The van der Waals surface area contributed by atoms with Gasteiger partial charge in [-0.2, -0.15) is 0 Å². The second-order valence-electron chi connectivity index (χ2n) is 5.41. The standard InChI is InChI=1S/C17H21BrN2O/c1-13(2)10-19-11-14-7-8-20-17(9-14)21-12-15-5-3-4-6-16(15)18/h3-9,13,19H,10-12H2,1-2H3. The van der Waals surface area contributed by atoms with Gasteiger partial charge in [0.1, 0.15) is 6.61 Å². The van der Waals surface area contributed by atoms with Crippen LogP contribution in [0.3, 0.4) is 0 Å². The van der Waals surface area contributed by atoms with Crippen molar-refractivity contribution in [1.29, 1.82) is 0 Å². The first-order valence-corrected chi connectivity index (χ1v) is 7.96. The Hall–Kier alpha value is -1.39. The molecule has 112 valence electrons. The van der Waals surface area contributed by atoms with E-state index in [9.17, 15) is 0 Å². The molecule has 0 atom stereocenters. The molecule has 4 heteroatoms. The van der Waals surface area contributed by atoms with E-state index in [0.29, 0.717) is 18.4 Å². The van der Waals surface area contributed by atoms with E-state index >= 15 is 0 Å². The van der Waals surface area contributed by atoms with Gasteiger partial charge in [-0.1, -0.05) is 48.0 Å². The Balaban J connectivity index is 1.90. The fourth-order valence-corrected chi connectivity index (χ4v) is 2.31. The quantitative estimate of drug-likeness (QED) is 0.815. The number of nitrogens with one attached hydrogen (secondary N) is 1. The molecule has 0 spiro atoms. The number of benzene rings is 1. The Morgan fingerprint density at radius 1 is 1.24 bits per heavy atom. The summed E-state index contributed by atoms with van der Waals surface area (Å²) in [4.78, 5) is 4.26. The van der Waals surface area contributed by atoms with Crippen LogP contribution >= 0.6 is 15.9 Å². The molecule has 0 bridgehead atoms. The van der Waals surface area contributed by atoms with Crippen LogP contribution in [0.1, 0.15) is 25.0 Å². The molecule has 1 N–H and O–H groups in total. The average molecular weight is 349 g/mol. The molecule has 0 radical (unpaired) electrons. The Bertz CT molecular complexity index is 572. The third-order valence-electron chi connectivity index (χ3n) is 3.01. The highest BCUT2D eigenvalue weighted by molar-refractivity contribution is 9.10. The van der Waals surface area contributed by atoms with Crippen LogP contribution in [-0.4, -0.2) is 11.5 Å². The lowest BCUT2D eigenvalue weighted by molar-refractivity contribution is 0.292. The van der Waals surface area contributed by atoms with Crippen LogP contribution in [0.15, 0.2) is 47.1 Å². The van der Waals surface area contributed by atoms with Gasteiger partial charge < -0.3 is 10.1 Å². The Morgan fingerprint density at radius 3 is 2.81 bits per heavy atom. The summed E-state index contributed by atoms with van der Waals surface area (Å²) in [6.45, 7) is 6.76. The lowest BCUT2D eigenvalue weighted by atomic mass is 10.2. The zero-order valence-electron chi connectivity index (χ0n) is 12.5. The summed E-state index contributed by atoms with van der Waals surface area (Å²) in [6, 6.07) is 12.1. The number of pyridine rings is 1. The van der Waals surface area contributed by atoms with Gasteiger partial charge in [0.15, 0.2) is 0 Å². The summed E-state index contributed by atoms with van der Waals surface area (Å²) >= 11 is 3.52. The summed E-state index contributed by atoms with van der Waals surface area (Å²) in [7, 11) is 0. The minimum atomic E-state index is 0.511. The molecule has 21 heavy (non-hydrogen) atoms. The van der Waals surface area contributed by atoms with E-state index in [1.54, 1.807) is 6.20 Å². The highest BCUT2D eigenvalue weighted by Crippen LogP contribution is 2.18. The predicted molar refractivity (Wildman–Crippen MR) is 89.3 cm³/mol. The van der Waals surface area contributed by atoms with Crippen molar-refractivity contribution in [1.82, 2.24) is 10.3 Å². The monoisotopic (exact) mass is 348 g/mol. The molecule has 0 aliphatic rings. The van der Waals surface area contributed by atoms with Crippen LogP contribution in [0.25, 0.3) is 0 Å². The van der Waals surface area contributed by atoms with Gasteiger partial charge in [-0.05, 0) is 30.2 Å². The van der Waals surface area contributed by atoms with Crippen molar-refractivity contribution in [3.63, 3.8) is 0 Å². The number of nitrogens with zero attached hydrogens (tertiary/aromatic N) is 1. The zero-order chi connectivity index (χ0) is 15.1. The van der Waals surface area contributed by atoms with E-state index in [2.05, 4.69) is 40.1 Å². The van der Waals surface area contributed by atoms with Gasteiger partial charge in [0, 0.05) is 28.8 Å². The molecule has 0 aliphatic carbocycles. The van der Waals surface area contributed by atoms with E-state index < -0.39 is 0 Å². The molecule has 0 fully saturated rings. The van der Waals surface area contributed by atoms with Crippen molar-refractivity contribution in [3.8, 4) is 5.88 Å². The highest BCUT2D eigenvalue weighted by atomic mass is 79.9. The highest BCUT2D eigenvalue weighted by Gasteiger charge is 2.02. The first-order chi connectivity index (χ1) is 10.1. The van der Waals surface area contributed by atoms with Crippen molar-refractivity contribution in [2.45, 2.75) is 27.0 Å². The molecule has 2 rings (SSSR count). The maximum absolute atomic E-state index is 5.77. The molecule has 0 unspecified atom stereocenters. The van der Waals surface area contributed by atoms with Crippen molar-refractivity contribution >= 4 is 15.9 Å². The van der Waals surface area contributed by atoms with Crippen molar-refractivity contribution < 1.29 is 4.74 Å². The van der Waals surface area contributed by atoms with Crippen LogP contribution in [0.4, 0.5) is 0 Å². The van der Waals surface area contributed by atoms with Gasteiger partial charge in [-0.25, -0.2) is 4.98 Å². The van der Waals surface area contributed by atoms with E-state index in [4.69, 9.17) is 4.74 Å². The normalized spacial score (nSPS) is 10.9. The second kappa shape index (κ2) is 8.15. The number of rotatable bonds is 7. The van der Waals surface area contributed by atoms with Gasteiger partial charge in [0.05, 0.1) is 0 Å². The predicted octanol–water partition coefficient (Wildman–Crippen LogP) is 4.17. The van der Waals surface area contributed by atoms with Gasteiger partial charge in [0.2, 0.25) is 5.88 Å². The molecule has 0 saturated heterocycles. The summed E-state index contributed by atoms with van der Waals surface area (Å²) in [5.41, 5.74) is 2.30. The summed E-state index contributed by atoms with van der Waals surface area (Å²) in [5, 5.41) is 3.42. The van der Waals surface area contributed by atoms with E-state index in [1.807, 2.05) is 36.4 Å². The van der Waals surface area contributed by atoms with Gasteiger partial charge >= 0.3 is 0 Å². The van der Waals surface area contributed by atoms with Crippen molar-refractivity contribution in [2.24, 2.45) is 5.92 Å². The molecule has 2 aromatic rings. The summed E-state index contributed by atoms with van der Waals surface area (Å²) in [5.74, 6) is 1.31. The number of aromatic nitrogens is 1. The fourth-order valence-electron chi connectivity index (χ4n) is 1.91. The number of hydrogen-bond donors (Lipinski definition) is 1. The van der Waals surface area contributed by atoms with Gasteiger partial charge in [-0.15, -0.1) is 0 Å². The topological polar surface area (TPSA) is 34.2 Å². The van der Waals surface area contributed by atoms with E-state index in [-0.39, 0.29) is 0 Å². The number of ether oxygens (including phenoxy) is 1. The Kier molecular flexibility index (Phi) is 6.21. The molecule has 1 aromatic carbocycles. The van der Waals surface area contributed by atoms with E-state index in [0.717, 1.165) is 23.1 Å². The average Bonchev–Trinajstić information content (AvgIpc) is 2.46. The van der Waals surface area contributed by atoms with Crippen LogP contribution in [0, 0.1) is 5.92 Å². The first kappa shape index (κ1) is 16.0. The Morgan fingerprint density at radius 2 is 2.05 bits per heavy atom. The number of hydrogen-bond acceptors (Lipinski definition) is 3. The Labute approximate surface area is 134 Å². The maximum atomic E-state index is 5.77. The maximum Gasteiger partial charge on any atom is 0.213 e.